The molecule has 7 nitrogen and oxygen atoms in total. The molecule has 1 aromatic carbocycles. The zero-order chi connectivity index (χ0) is 22.5. The molecule has 0 unspecified atom stereocenters. The number of carbonyl (C=O) groups is 2. The molecular weight excluding hydrogens is 426 g/mol. The number of benzene rings is 1. The number of carbonyl (C=O) groups excluding carboxylic acids is 2. The fourth-order valence-electron chi connectivity index (χ4n) is 4.41. The third kappa shape index (κ3) is 5.07. The maximum Gasteiger partial charge on any atom is 0.341 e. The molecule has 0 atom stereocenters. The van der Waals surface area contributed by atoms with E-state index in [0.717, 1.165) is 68.9 Å². The molecule has 1 aliphatic heterocycles. The SMILES string of the molecule is CCOC(=O)c1c(NC(=O)CN2CCN(c3cccc(OC)c3)CC2)sc2c1CCCC2. The van der Waals surface area contributed by atoms with E-state index in [1.807, 2.05) is 18.2 Å². The summed E-state index contributed by atoms with van der Waals surface area (Å²) in [6, 6.07) is 8.06. The highest BCUT2D eigenvalue weighted by molar-refractivity contribution is 7.17. The van der Waals surface area contributed by atoms with Crippen molar-refractivity contribution in [1.82, 2.24) is 4.90 Å². The molecule has 1 aliphatic carbocycles. The van der Waals surface area contributed by atoms with Gasteiger partial charge in [-0.25, -0.2) is 4.79 Å². The van der Waals surface area contributed by atoms with Crippen LogP contribution in [-0.4, -0.2) is 63.2 Å². The van der Waals surface area contributed by atoms with Crippen molar-refractivity contribution in [3.8, 4) is 5.75 Å². The van der Waals surface area contributed by atoms with E-state index in [0.29, 0.717) is 23.7 Å². The van der Waals surface area contributed by atoms with Gasteiger partial charge in [0.15, 0.2) is 0 Å². The minimum atomic E-state index is -0.325. The smallest absolute Gasteiger partial charge is 0.341 e. The first-order valence-electron chi connectivity index (χ1n) is 11.3. The van der Waals surface area contributed by atoms with Crippen molar-refractivity contribution >= 4 is 33.9 Å². The quantitative estimate of drug-likeness (QED) is 0.641. The summed E-state index contributed by atoms with van der Waals surface area (Å²) >= 11 is 1.54. The molecule has 32 heavy (non-hydrogen) atoms. The lowest BCUT2D eigenvalue weighted by atomic mass is 9.95. The zero-order valence-electron chi connectivity index (χ0n) is 18.8. The maximum absolute atomic E-state index is 12.8. The van der Waals surface area contributed by atoms with Gasteiger partial charge in [-0.1, -0.05) is 6.07 Å². The largest absolute Gasteiger partial charge is 0.497 e. The summed E-state index contributed by atoms with van der Waals surface area (Å²) in [5.74, 6) is 0.443. The van der Waals surface area contributed by atoms with Crippen LogP contribution in [0.5, 0.6) is 5.75 Å². The molecule has 1 fully saturated rings. The number of anilines is 2. The molecule has 0 bridgehead atoms. The van der Waals surface area contributed by atoms with Gasteiger partial charge >= 0.3 is 5.97 Å². The fourth-order valence-corrected chi connectivity index (χ4v) is 5.71. The van der Waals surface area contributed by atoms with Gasteiger partial charge in [0.05, 0.1) is 25.8 Å². The van der Waals surface area contributed by atoms with Crippen molar-refractivity contribution < 1.29 is 19.1 Å². The number of methoxy groups -OCH3 is 1. The summed E-state index contributed by atoms with van der Waals surface area (Å²) in [5.41, 5.74) is 2.78. The van der Waals surface area contributed by atoms with Crippen molar-refractivity contribution in [3.05, 3.63) is 40.3 Å². The third-order valence-electron chi connectivity index (χ3n) is 6.06. The number of hydrogen-bond acceptors (Lipinski definition) is 7. The first-order valence-corrected chi connectivity index (χ1v) is 12.1. The molecule has 4 rings (SSSR count). The highest BCUT2D eigenvalue weighted by Crippen LogP contribution is 2.38. The van der Waals surface area contributed by atoms with Crippen LogP contribution in [0.25, 0.3) is 0 Å². The second-order valence-electron chi connectivity index (χ2n) is 8.15. The first-order chi connectivity index (χ1) is 15.6. The monoisotopic (exact) mass is 457 g/mol. The number of nitrogens with zero attached hydrogens (tertiary/aromatic N) is 2. The Morgan fingerprint density at radius 2 is 1.91 bits per heavy atom. The van der Waals surface area contributed by atoms with Crippen LogP contribution in [0, 0.1) is 0 Å². The number of thiophene rings is 1. The molecule has 1 aromatic heterocycles. The lowest BCUT2D eigenvalue weighted by Crippen LogP contribution is -2.48. The van der Waals surface area contributed by atoms with Gasteiger partial charge in [-0.05, 0) is 50.3 Å². The number of fused-ring (bicyclic) bond motifs is 1. The van der Waals surface area contributed by atoms with Crippen LogP contribution in [-0.2, 0) is 22.4 Å². The summed E-state index contributed by atoms with van der Waals surface area (Å²) < 4.78 is 10.6. The van der Waals surface area contributed by atoms with Gasteiger partial charge in [0.2, 0.25) is 5.91 Å². The van der Waals surface area contributed by atoms with E-state index in [2.05, 4.69) is 21.2 Å². The topological polar surface area (TPSA) is 71.1 Å². The van der Waals surface area contributed by atoms with Crippen molar-refractivity contribution in [2.75, 3.05) is 56.7 Å². The Morgan fingerprint density at radius 3 is 2.66 bits per heavy atom. The zero-order valence-corrected chi connectivity index (χ0v) is 19.6. The predicted molar refractivity (Wildman–Crippen MR) is 127 cm³/mol. The van der Waals surface area contributed by atoms with Gasteiger partial charge in [-0.3, -0.25) is 9.69 Å². The Labute approximate surface area is 193 Å². The standard InChI is InChI=1S/C24H31N3O4S/c1-3-31-24(29)22-19-9-4-5-10-20(19)32-23(22)25-21(28)16-26-11-13-27(14-12-26)17-7-6-8-18(15-17)30-2/h6-8,15H,3-5,9-14,16H2,1-2H3,(H,25,28). The van der Waals surface area contributed by atoms with Crippen LogP contribution in [0.1, 0.15) is 40.6 Å². The summed E-state index contributed by atoms with van der Waals surface area (Å²) in [6.45, 7) is 5.75. The van der Waals surface area contributed by atoms with E-state index in [9.17, 15) is 9.59 Å². The summed E-state index contributed by atoms with van der Waals surface area (Å²) in [7, 11) is 1.67. The van der Waals surface area contributed by atoms with Crippen LogP contribution < -0.4 is 15.0 Å². The van der Waals surface area contributed by atoms with E-state index in [-0.39, 0.29) is 11.9 Å². The van der Waals surface area contributed by atoms with Crippen LogP contribution in [0.15, 0.2) is 24.3 Å². The van der Waals surface area contributed by atoms with Crippen LogP contribution >= 0.6 is 11.3 Å². The van der Waals surface area contributed by atoms with E-state index < -0.39 is 0 Å². The number of esters is 1. The Morgan fingerprint density at radius 1 is 1.12 bits per heavy atom. The molecule has 172 valence electrons. The number of rotatable bonds is 7. The molecular formula is C24H31N3O4S. The number of ether oxygens (including phenoxy) is 2. The molecule has 0 radical (unpaired) electrons. The highest BCUT2D eigenvalue weighted by atomic mass is 32.1. The van der Waals surface area contributed by atoms with Crippen LogP contribution in [0.2, 0.25) is 0 Å². The van der Waals surface area contributed by atoms with E-state index >= 15 is 0 Å². The molecule has 8 heteroatoms. The Hall–Kier alpha value is -2.58. The van der Waals surface area contributed by atoms with Crippen molar-refractivity contribution in [1.29, 1.82) is 0 Å². The molecule has 1 N–H and O–H groups in total. The number of nitrogens with one attached hydrogen (secondary N) is 1. The van der Waals surface area contributed by atoms with Crippen LogP contribution in [0.3, 0.4) is 0 Å². The summed E-state index contributed by atoms with van der Waals surface area (Å²) in [6.07, 6.45) is 4.04. The molecule has 2 aromatic rings. The van der Waals surface area contributed by atoms with Gasteiger partial charge in [-0.2, -0.15) is 0 Å². The number of amides is 1. The first kappa shape index (κ1) is 22.6. The minimum absolute atomic E-state index is 0.0797. The van der Waals surface area contributed by atoms with Gasteiger partial charge in [-0.15, -0.1) is 11.3 Å². The Bertz CT molecular complexity index is 966. The molecule has 0 saturated carbocycles. The summed E-state index contributed by atoms with van der Waals surface area (Å²) in [4.78, 5) is 31.1. The lowest BCUT2D eigenvalue weighted by Gasteiger charge is -2.35. The molecule has 2 aliphatic rings. The number of hydrogen-bond donors (Lipinski definition) is 1. The second-order valence-corrected chi connectivity index (χ2v) is 9.25. The normalized spacial score (nSPS) is 16.4. The average molecular weight is 458 g/mol. The van der Waals surface area contributed by atoms with Crippen molar-refractivity contribution in [2.24, 2.45) is 0 Å². The van der Waals surface area contributed by atoms with E-state index in [1.54, 1.807) is 14.0 Å². The Balaban J connectivity index is 1.36. The highest BCUT2D eigenvalue weighted by Gasteiger charge is 2.28. The lowest BCUT2D eigenvalue weighted by molar-refractivity contribution is -0.117. The van der Waals surface area contributed by atoms with Crippen molar-refractivity contribution in [2.45, 2.75) is 32.6 Å². The van der Waals surface area contributed by atoms with Gasteiger partial charge in [0, 0.05) is 42.8 Å². The third-order valence-corrected chi connectivity index (χ3v) is 7.27. The molecule has 2 heterocycles. The molecule has 0 spiro atoms. The van der Waals surface area contributed by atoms with Crippen LogP contribution in [0.4, 0.5) is 10.7 Å². The average Bonchev–Trinajstić information content (AvgIpc) is 3.17. The maximum atomic E-state index is 12.8. The van der Waals surface area contributed by atoms with Crippen molar-refractivity contribution in [3.63, 3.8) is 0 Å². The van der Waals surface area contributed by atoms with Gasteiger partial charge in [0.1, 0.15) is 10.8 Å². The molecule has 1 saturated heterocycles. The van der Waals surface area contributed by atoms with E-state index in [1.165, 1.54) is 16.2 Å². The summed E-state index contributed by atoms with van der Waals surface area (Å²) in [5, 5.41) is 3.67. The minimum Gasteiger partial charge on any atom is -0.497 e. The van der Waals surface area contributed by atoms with E-state index in [4.69, 9.17) is 9.47 Å². The second kappa shape index (κ2) is 10.4. The fraction of sp³-hybridized carbons (Fsp3) is 0.500. The molecule has 1 amide bonds. The van der Waals surface area contributed by atoms with Gasteiger partial charge in [0.25, 0.3) is 0 Å². The number of aryl methyl sites for hydroxylation is 1. The van der Waals surface area contributed by atoms with Gasteiger partial charge < -0.3 is 19.7 Å². The Kier molecular flexibility index (Phi) is 7.32. The predicted octanol–water partition coefficient (Wildman–Crippen LogP) is 3.57. The number of piperazine rings is 1.